The van der Waals surface area contributed by atoms with Gasteiger partial charge in [-0.1, -0.05) is 31.5 Å². The van der Waals surface area contributed by atoms with Crippen molar-refractivity contribution in [3.8, 4) is 11.5 Å². The Morgan fingerprint density at radius 1 is 1.08 bits per heavy atom. The maximum absolute atomic E-state index is 12.4. The quantitative estimate of drug-likeness (QED) is 0.726. The lowest BCUT2D eigenvalue weighted by molar-refractivity contribution is 0.0938. The van der Waals surface area contributed by atoms with Gasteiger partial charge in [0.2, 0.25) is 0 Å². The van der Waals surface area contributed by atoms with Crippen LogP contribution in [-0.2, 0) is 6.61 Å². The summed E-state index contributed by atoms with van der Waals surface area (Å²) in [6.07, 6.45) is 2.01. The Balaban J connectivity index is 2.13. The van der Waals surface area contributed by atoms with Crippen LogP contribution in [0.2, 0.25) is 0 Å². The zero-order valence-electron chi connectivity index (χ0n) is 15.2. The molecule has 0 bridgehead atoms. The standard InChI is InChI=1S/C21H27NO3/c1-4-9-16(3)22-21(23)17-12-13-20(24-5-2)18(14-17)15-25-19-10-7-6-8-11-19/h6-8,10-14,16H,4-5,9,15H2,1-3H3,(H,22,23). The second kappa shape index (κ2) is 9.72. The second-order valence-corrected chi connectivity index (χ2v) is 6.02. The van der Waals surface area contributed by atoms with E-state index in [0.29, 0.717) is 18.8 Å². The number of para-hydroxylation sites is 1. The van der Waals surface area contributed by atoms with E-state index in [2.05, 4.69) is 12.2 Å². The van der Waals surface area contributed by atoms with Crippen molar-refractivity contribution >= 4 is 5.91 Å². The lowest BCUT2D eigenvalue weighted by atomic mass is 10.1. The van der Waals surface area contributed by atoms with E-state index in [1.165, 1.54) is 0 Å². The molecule has 0 aliphatic heterocycles. The first kappa shape index (κ1) is 18.8. The molecule has 0 radical (unpaired) electrons. The maximum Gasteiger partial charge on any atom is 0.251 e. The number of carbonyl (C=O) groups is 1. The van der Waals surface area contributed by atoms with E-state index in [4.69, 9.17) is 9.47 Å². The highest BCUT2D eigenvalue weighted by molar-refractivity contribution is 5.94. The molecule has 134 valence electrons. The predicted octanol–water partition coefficient (Wildman–Crippen LogP) is 4.58. The Morgan fingerprint density at radius 3 is 2.52 bits per heavy atom. The molecule has 0 heterocycles. The summed E-state index contributed by atoms with van der Waals surface area (Å²) in [7, 11) is 0. The van der Waals surface area contributed by atoms with E-state index in [1.807, 2.05) is 56.3 Å². The van der Waals surface area contributed by atoms with Crippen molar-refractivity contribution in [3.63, 3.8) is 0 Å². The molecular weight excluding hydrogens is 314 g/mol. The molecule has 0 aliphatic rings. The van der Waals surface area contributed by atoms with E-state index < -0.39 is 0 Å². The van der Waals surface area contributed by atoms with E-state index in [1.54, 1.807) is 6.07 Å². The Labute approximate surface area is 150 Å². The third-order valence-corrected chi connectivity index (χ3v) is 3.86. The average Bonchev–Trinajstić information content (AvgIpc) is 2.62. The Bertz CT molecular complexity index is 670. The minimum atomic E-state index is -0.0649. The van der Waals surface area contributed by atoms with Gasteiger partial charge in [-0.05, 0) is 50.6 Å². The molecule has 1 atom stereocenters. The number of rotatable bonds is 9. The number of amides is 1. The number of hydrogen-bond donors (Lipinski definition) is 1. The van der Waals surface area contributed by atoms with Crippen LogP contribution in [0.3, 0.4) is 0 Å². The monoisotopic (exact) mass is 341 g/mol. The first-order valence-electron chi connectivity index (χ1n) is 8.88. The third-order valence-electron chi connectivity index (χ3n) is 3.86. The molecule has 0 saturated carbocycles. The molecule has 1 unspecified atom stereocenters. The third kappa shape index (κ3) is 5.82. The van der Waals surface area contributed by atoms with Crippen LogP contribution in [-0.4, -0.2) is 18.6 Å². The van der Waals surface area contributed by atoms with Crippen molar-refractivity contribution in [2.24, 2.45) is 0 Å². The molecule has 0 saturated heterocycles. The average molecular weight is 341 g/mol. The summed E-state index contributed by atoms with van der Waals surface area (Å²) in [5.41, 5.74) is 1.49. The summed E-state index contributed by atoms with van der Waals surface area (Å²) in [5.74, 6) is 1.47. The molecule has 0 fully saturated rings. The molecule has 0 aromatic heterocycles. The van der Waals surface area contributed by atoms with Gasteiger partial charge in [-0.3, -0.25) is 4.79 Å². The van der Waals surface area contributed by atoms with E-state index in [-0.39, 0.29) is 11.9 Å². The molecule has 4 nitrogen and oxygen atoms in total. The second-order valence-electron chi connectivity index (χ2n) is 6.02. The summed E-state index contributed by atoms with van der Waals surface area (Å²) in [6, 6.07) is 15.3. The fourth-order valence-electron chi connectivity index (χ4n) is 2.62. The van der Waals surface area contributed by atoms with Gasteiger partial charge in [-0.2, -0.15) is 0 Å². The zero-order valence-corrected chi connectivity index (χ0v) is 15.2. The van der Waals surface area contributed by atoms with Crippen LogP contribution in [0, 0.1) is 0 Å². The molecule has 2 aromatic carbocycles. The minimum Gasteiger partial charge on any atom is -0.493 e. The lowest BCUT2D eigenvalue weighted by Gasteiger charge is -2.15. The van der Waals surface area contributed by atoms with Crippen molar-refractivity contribution in [2.45, 2.75) is 46.3 Å². The van der Waals surface area contributed by atoms with Gasteiger partial charge in [-0.25, -0.2) is 0 Å². The number of carbonyl (C=O) groups excluding carboxylic acids is 1. The molecular formula is C21H27NO3. The predicted molar refractivity (Wildman–Crippen MR) is 100 cm³/mol. The summed E-state index contributed by atoms with van der Waals surface area (Å²) < 4.78 is 11.5. The topological polar surface area (TPSA) is 47.6 Å². The molecule has 4 heteroatoms. The van der Waals surface area contributed by atoms with Crippen LogP contribution in [0.15, 0.2) is 48.5 Å². The normalized spacial score (nSPS) is 11.6. The molecule has 2 aromatic rings. The smallest absolute Gasteiger partial charge is 0.251 e. The van der Waals surface area contributed by atoms with Gasteiger partial charge in [-0.15, -0.1) is 0 Å². The van der Waals surface area contributed by atoms with E-state index in [0.717, 1.165) is 29.9 Å². The number of benzene rings is 2. The maximum atomic E-state index is 12.4. The number of hydrogen-bond acceptors (Lipinski definition) is 3. The van der Waals surface area contributed by atoms with E-state index in [9.17, 15) is 4.79 Å². The Morgan fingerprint density at radius 2 is 1.84 bits per heavy atom. The summed E-state index contributed by atoms with van der Waals surface area (Å²) in [4.78, 5) is 12.4. The summed E-state index contributed by atoms with van der Waals surface area (Å²) in [5, 5.41) is 3.03. The molecule has 1 N–H and O–H groups in total. The molecule has 2 rings (SSSR count). The fourth-order valence-corrected chi connectivity index (χ4v) is 2.62. The first-order chi connectivity index (χ1) is 12.1. The van der Waals surface area contributed by atoms with Crippen LogP contribution >= 0.6 is 0 Å². The van der Waals surface area contributed by atoms with Crippen LogP contribution < -0.4 is 14.8 Å². The van der Waals surface area contributed by atoms with Gasteiger partial charge in [0.1, 0.15) is 18.1 Å². The first-order valence-corrected chi connectivity index (χ1v) is 8.88. The van der Waals surface area contributed by atoms with Gasteiger partial charge < -0.3 is 14.8 Å². The van der Waals surface area contributed by atoms with Crippen molar-refractivity contribution in [2.75, 3.05) is 6.61 Å². The summed E-state index contributed by atoms with van der Waals surface area (Å²) >= 11 is 0. The van der Waals surface area contributed by atoms with Crippen LogP contribution in [0.5, 0.6) is 11.5 Å². The molecule has 1 amide bonds. The zero-order chi connectivity index (χ0) is 18.1. The number of ether oxygens (including phenoxy) is 2. The molecule has 0 spiro atoms. The lowest BCUT2D eigenvalue weighted by Crippen LogP contribution is -2.32. The van der Waals surface area contributed by atoms with Crippen LogP contribution in [0.25, 0.3) is 0 Å². The van der Waals surface area contributed by atoms with Crippen LogP contribution in [0.1, 0.15) is 49.5 Å². The van der Waals surface area contributed by atoms with Gasteiger partial charge in [0.15, 0.2) is 0 Å². The highest BCUT2D eigenvalue weighted by atomic mass is 16.5. The van der Waals surface area contributed by atoms with Gasteiger partial charge in [0.25, 0.3) is 5.91 Å². The fraction of sp³-hybridized carbons (Fsp3) is 0.381. The Kier molecular flexibility index (Phi) is 7.33. The van der Waals surface area contributed by atoms with Gasteiger partial charge >= 0.3 is 0 Å². The molecule has 25 heavy (non-hydrogen) atoms. The minimum absolute atomic E-state index is 0.0649. The molecule has 0 aliphatic carbocycles. The number of nitrogens with one attached hydrogen (secondary N) is 1. The van der Waals surface area contributed by atoms with Crippen molar-refractivity contribution in [3.05, 3.63) is 59.7 Å². The summed E-state index contributed by atoms with van der Waals surface area (Å²) in [6.45, 7) is 6.99. The van der Waals surface area contributed by atoms with Crippen LogP contribution in [0.4, 0.5) is 0 Å². The van der Waals surface area contributed by atoms with Gasteiger partial charge in [0.05, 0.1) is 6.61 Å². The highest BCUT2D eigenvalue weighted by Crippen LogP contribution is 2.23. The SMILES string of the molecule is CCCC(C)NC(=O)c1ccc(OCC)c(COc2ccccc2)c1. The van der Waals surface area contributed by atoms with Crippen molar-refractivity contribution in [1.29, 1.82) is 0 Å². The van der Waals surface area contributed by atoms with E-state index >= 15 is 0 Å². The van der Waals surface area contributed by atoms with Crippen molar-refractivity contribution in [1.82, 2.24) is 5.32 Å². The highest BCUT2D eigenvalue weighted by Gasteiger charge is 2.13. The Hall–Kier alpha value is -2.49. The largest absolute Gasteiger partial charge is 0.493 e. The van der Waals surface area contributed by atoms with Crippen molar-refractivity contribution < 1.29 is 14.3 Å². The van der Waals surface area contributed by atoms with Gasteiger partial charge in [0, 0.05) is 17.2 Å².